The first-order valence-electron chi connectivity index (χ1n) is 29.5. The first-order chi connectivity index (χ1) is 38.6. The molecule has 4 amide bonds. The van der Waals surface area contributed by atoms with Gasteiger partial charge in [-0.15, -0.1) is 0 Å². The molecule has 0 unspecified atom stereocenters. The van der Waals surface area contributed by atoms with Crippen molar-refractivity contribution in [2.24, 2.45) is 11.8 Å². The average Bonchev–Trinajstić information content (AvgIpc) is 4.41. The minimum absolute atomic E-state index is 0.0319. The van der Waals surface area contributed by atoms with E-state index in [1.54, 1.807) is 9.80 Å². The van der Waals surface area contributed by atoms with Gasteiger partial charge < -0.3 is 29.2 Å². The number of nitrogens with one attached hydrogen (secondary N) is 2. The van der Waals surface area contributed by atoms with E-state index in [4.69, 9.17) is 19.4 Å². The van der Waals surface area contributed by atoms with Gasteiger partial charge >= 0.3 is 12.2 Å². The molecule has 14 nitrogen and oxygen atoms in total. The Morgan fingerprint density at radius 3 is 1.53 bits per heavy atom. The van der Waals surface area contributed by atoms with E-state index in [9.17, 15) is 19.2 Å². The number of carbonyl (C=O) groups excluding carboxylic acids is 4. The third kappa shape index (κ3) is 9.50. The Morgan fingerprint density at radius 2 is 1.01 bits per heavy atom. The summed E-state index contributed by atoms with van der Waals surface area (Å²) in [6.45, 7) is 3.43. The zero-order valence-electron chi connectivity index (χ0n) is 46.0. The Balaban J connectivity index is 0.708. The maximum absolute atomic E-state index is 14.5. The highest BCUT2D eigenvalue weighted by atomic mass is 16.5. The Kier molecular flexibility index (Phi) is 13.9. The van der Waals surface area contributed by atoms with Gasteiger partial charge in [-0.2, -0.15) is 0 Å². The second-order valence-electron chi connectivity index (χ2n) is 23.9. The van der Waals surface area contributed by atoms with Crippen LogP contribution in [0.4, 0.5) is 9.59 Å². The molecule has 0 spiro atoms. The minimum Gasteiger partial charge on any atom is -0.453 e. The van der Waals surface area contributed by atoms with Gasteiger partial charge in [0.2, 0.25) is 11.8 Å². The molecule has 6 aromatic rings. The number of rotatable bonds is 8. The first-order valence-corrected chi connectivity index (χ1v) is 29.5. The summed E-state index contributed by atoms with van der Waals surface area (Å²) < 4.78 is 10.2. The van der Waals surface area contributed by atoms with E-state index in [0.717, 1.165) is 118 Å². The number of H-pyrrole nitrogens is 2. The Hall–Kier alpha value is -7.22. The molecule has 4 bridgehead atoms. The lowest BCUT2D eigenvalue weighted by molar-refractivity contribution is -0.140. The molecule has 2 saturated carbocycles. The molecule has 2 N–H and O–H groups in total. The predicted octanol–water partition coefficient (Wildman–Crippen LogP) is 12.4. The van der Waals surface area contributed by atoms with Crippen molar-refractivity contribution in [3.8, 4) is 44.8 Å². The fourth-order valence-corrected chi connectivity index (χ4v) is 15.4. The molecule has 16 rings (SSSR count). The Morgan fingerprint density at radius 1 is 0.532 bits per heavy atom. The topological polar surface area (TPSA) is 157 Å². The maximum atomic E-state index is 14.5. The van der Waals surface area contributed by atoms with Crippen LogP contribution in [0.2, 0.25) is 0 Å². The van der Waals surface area contributed by atoms with E-state index in [-0.39, 0.29) is 41.9 Å². The summed E-state index contributed by atoms with van der Waals surface area (Å²) in [5, 5.41) is 0. The van der Waals surface area contributed by atoms with Crippen LogP contribution in [0.3, 0.4) is 0 Å². The standard InChI is InChI=1S/C65H74N8O6/c1-39-32-47-19-17-40(33-50(47)42-20-25-44(26-21-42)52-37-66-60(68-52)58-35-48-10-4-6-12-54(48)72(58)62(74)56-14-8-30-70(56)64(76)78-2)16-18-41-24-29-46(39)34-51(41)43-22-27-45(28-23-43)53-38-67-61(69-53)59-36-49-11-5-7-13-55(49)73(59)63(75)57-15-9-31-71(57)65(77)79-3/h17,19-29,33-34,37-39,48-49,54-59H,4-16,18,30-32,35-36H2,1-3H3,(H,66,68)(H,67,69)/t39-,48+,49+,54+,55+,56+,57+,58+,59+/m1/s1. The molecular weight excluding hydrogens is 989 g/mol. The van der Waals surface area contributed by atoms with Gasteiger partial charge in [-0.25, -0.2) is 19.6 Å². The second-order valence-corrected chi connectivity index (χ2v) is 23.9. The number of ether oxygens (including phenoxy) is 2. The number of imidazole rings is 2. The lowest BCUT2D eigenvalue weighted by Crippen LogP contribution is -2.51. The number of nitrogens with zero attached hydrogens (tertiary/aromatic N) is 6. The summed E-state index contributed by atoms with van der Waals surface area (Å²) in [5.41, 5.74) is 14.2. The van der Waals surface area contributed by atoms with Crippen LogP contribution in [0.15, 0.2) is 97.3 Å². The highest BCUT2D eigenvalue weighted by Gasteiger charge is 2.51. The fourth-order valence-electron chi connectivity index (χ4n) is 15.4. The van der Waals surface area contributed by atoms with Crippen LogP contribution in [-0.4, -0.2) is 115 Å². The smallest absolute Gasteiger partial charge is 0.410 e. The van der Waals surface area contributed by atoms with Crippen LogP contribution in [0, 0.1) is 11.8 Å². The molecule has 9 atom stereocenters. The molecule has 0 radical (unpaired) electrons. The number of likely N-dealkylation sites (tertiary alicyclic amines) is 4. The van der Waals surface area contributed by atoms with Gasteiger partial charge in [0, 0.05) is 25.2 Å². The largest absolute Gasteiger partial charge is 0.453 e. The molecule has 79 heavy (non-hydrogen) atoms. The predicted molar refractivity (Wildman–Crippen MR) is 303 cm³/mol. The normalized spacial score (nSPS) is 26.4. The molecule has 6 fully saturated rings. The summed E-state index contributed by atoms with van der Waals surface area (Å²) in [7, 11) is 2.78. The van der Waals surface area contributed by atoms with Crippen molar-refractivity contribution in [2.45, 2.75) is 158 Å². The molecule has 14 heteroatoms. The van der Waals surface area contributed by atoms with Crippen LogP contribution in [0.1, 0.15) is 149 Å². The quantitative estimate of drug-likeness (QED) is 0.153. The van der Waals surface area contributed by atoms with Crippen molar-refractivity contribution in [1.82, 2.24) is 39.5 Å². The maximum Gasteiger partial charge on any atom is 0.410 e. The summed E-state index contributed by atoms with van der Waals surface area (Å²) in [6.07, 6.45) is 19.2. The number of carbonyl (C=O) groups is 4. The van der Waals surface area contributed by atoms with Crippen LogP contribution >= 0.6 is 0 Å². The molecule has 4 aromatic carbocycles. The van der Waals surface area contributed by atoms with Crippen molar-refractivity contribution in [2.75, 3.05) is 27.3 Å². The van der Waals surface area contributed by atoms with Gasteiger partial charge in [-0.05, 0) is 157 Å². The zero-order valence-corrected chi connectivity index (χ0v) is 46.0. The third-order valence-corrected chi connectivity index (χ3v) is 19.5. The number of hydrogen-bond donors (Lipinski definition) is 2. The number of hydrogen-bond acceptors (Lipinski definition) is 8. The van der Waals surface area contributed by atoms with Gasteiger partial charge in [-0.1, -0.05) is 118 Å². The van der Waals surface area contributed by atoms with Crippen LogP contribution in [0.25, 0.3) is 44.8 Å². The number of amides is 4. The van der Waals surface area contributed by atoms with Crippen molar-refractivity contribution in [3.05, 3.63) is 131 Å². The molecule has 10 aliphatic rings. The zero-order chi connectivity index (χ0) is 53.9. The minimum atomic E-state index is -0.494. The van der Waals surface area contributed by atoms with E-state index < -0.39 is 24.3 Å². The van der Waals surface area contributed by atoms with Crippen molar-refractivity contribution in [1.29, 1.82) is 0 Å². The summed E-state index contributed by atoms with van der Waals surface area (Å²) in [5.74, 6) is 2.84. The first kappa shape index (κ1) is 51.2. The van der Waals surface area contributed by atoms with Gasteiger partial charge in [0.25, 0.3) is 0 Å². The van der Waals surface area contributed by atoms with Crippen molar-refractivity contribution in [3.63, 3.8) is 0 Å². The van der Waals surface area contributed by atoms with Crippen molar-refractivity contribution >= 4 is 24.0 Å². The number of methoxy groups -OCH3 is 2. The lowest BCUT2D eigenvalue weighted by atomic mass is 9.84. The number of fused-ring (bicyclic) bond motifs is 2. The van der Waals surface area contributed by atoms with Gasteiger partial charge in [0.15, 0.2) is 0 Å². The van der Waals surface area contributed by atoms with Crippen molar-refractivity contribution < 1.29 is 28.7 Å². The van der Waals surface area contributed by atoms with E-state index in [1.165, 1.54) is 71.6 Å². The molecule has 4 saturated heterocycles. The van der Waals surface area contributed by atoms with Crippen LogP contribution < -0.4 is 0 Å². The SMILES string of the molecule is COC(=O)N1CCC[C@H]1C(=O)N1[C@H](c2ncc(-c3ccc(-c4cc5ccc4CCc4ccc(c(-c6ccc(-c7cnc([C@@H]8C[C@@H]9CCCC[C@@H]9N8C(=O)[C@@H]8CCCN8C(=O)OC)[nH]7)cc6)c4)C[C@H]5C)cc3)[nH]2)C[C@@H]2CCCC[C@@H]21. The molecule has 4 aliphatic heterocycles. The highest BCUT2D eigenvalue weighted by Crippen LogP contribution is 2.49. The fraction of sp³-hybridized carbons (Fsp3) is 0.477. The molecule has 410 valence electrons. The number of aromatic amines is 2. The monoisotopic (exact) mass is 1060 g/mol. The number of benzene rings is 4. The molecule has 6 aliphatic carbocycles. The average molecular weight is 1060 g/mol. The van der Waals surface area contributed by atoms with E-state index >= 15 is 0 Å². The highest BCUT2D eigenvalue weighted by molar-refractivity contribution is 5.88. The number of aromatic nitrogens is 4. The van der Waals surface area contributed by atoms with E-state index in [0.29, 0.717) is 37.8 Å². The van der Waals surface area contributed by atoms with Crippen LogP contribution in [0.5, 0.6) is 0 Å². The van der Waals surface area contributed by atoms with Crippen LogP contribution in [-0.2, 0) is 38.3 Å². The van der Waals surface area contributed by atoms with E-state index in [2.05, 4.69) is 112 Å². The summed E-state index contributed by atoms with van der Waals surface area (Å²) in [4.78, 5) is 79.0. The Bertz CT molecular complexity index is 3260. The molecule has 6 heterocycles. The molecular formula is C65H74N8O6. The lowest BCUT2D eigenvalue weighted by Gasteiger charge is -2.36. The molecule has 2 aromatic heterocycles. The Labute approximate surface area is 463 Å². The second kappa shape index (κ2) is 21.4. The van der Waals surface area contributed by atoms with Gasteiger partial charge in [-0.3, -0.25) is 19.4 Å². The summed E-state index contributed by atoms with van der Waals surface area (Å²) in [6, 6.07) is 30.9. The van der Waals surface area contributed by atoms with Gasteiger partial charge in [0.05, 0.1) is 50.1 Å². The van der Waals surface area contributed by atoms with E-state index in [1.807, 2.05) is 12.4 Å². The van der Waals surface area contributed by atoms with Gasteiger partial charge in [0.1, 0.15) is 23.7 Å². The third-order valence-electron chi connectivity index (χ3n) is 19.5. The number of aryl methyl sites for hydroxylation is 2. The summed E-state index contributed by atoms with van der Waals surface area (Å²) >= 11 is 0.